The van der Waals surface area contributed by atoms with Crippen LogP contribution in [0.25, 0.3) is 0 Å². The Bertz CT molecular complexity index is 849. The predicted octanol–water partition coefficient (Wildman–Crippen LogP) is 1.79. The summed E-state index contributed by atoms with van der Waals surface area (Å²) in [5.41, 5.74) is 2.48. The summed E-state index contributed by atoms with van der Waals surface area (Å²) in [7, 11) is 0. The maximum Gasteiger partial charge on any atom is 0.271 e. The van der Waals surface area contributed by atoms with Crippen LogP contribution in [0.2, 0.25) is 0 Å². The first-order valence-electron chi connectivity index (χ1n) is 6.75. The largest absolute Gasteiger partial charge is 0.507 e. The molecule has 0 saturated carbocycles. The molecule has 0 unspecified atom stereocenters. The summed E-state index contributed by atoms with van der Waals surface area (Å²) in [6.07, 6.45) is 1.12. The average molecular weight is 329 g/mol. The van der Waals surface area contributed by atoms with Crippen molar-refractivity contribution in [3.63, 3.8) is 0 Å². The van der Waals surface area contributed by atoms with E-state index < -0.39 is 10.8 Å². The number of ether oxygens (including phenoxy) is 2. The van der Waals surface area contributed by atoms with Crippen LogP contribution in [0.1, 0.15) is 15.9 Å². The highest BCUT2D eigenvalue weighted by molar-refractivity contribution is 5.95. The molecule has 1 heterocycles. The number of nitro benzene ring substituents is 1. The van der Waals surface area contributed by atoms with Gasteiger partial charge in [-0.05, 0) is 24.3 Å². The van der Waals surface area contributed by atoms with Crippen LogP contribution in [0.15, 0.2) is 41.5 Å². The van der Waals surface area contributed by atoms with E-state index in [1.165, 1.54) is 12.1 Å². The lowest BCUT2D eigenvalue weighted by Gasteiger charge is -2.02. The molecule has 0 fully saturated rings. The van der Waals surface area contributed by atoms with E-state index in [-0.39, 0.29) is 23.8 Å². The zero-order valence-electron chi connectivity index (χ0n) is 12.1. The number of hydrogen-bond acceptors (Lipinski definition) is 7. The van der Waals surface area contributed by atoms with Gasteiger partial charge in [-0.15, -0.1) is 0 Å². The molecular weight excluding hydrogens is 318 g/mol. The first-order valence-corrected chi connectivity index (χ1v) is 6.75. The van der Waals surface area contributed by atoms with Crippen LogP contribution in [-0.2, 0) is 0 Å². The molecule has 9 nitrogen and oxygen atoms in total. The van der Waals surface area contributed by atoms with E-state index in [4.69, 9.17) is 9.47 Å². The number of fused-ring (bicyclic) bond motifs is 1. The summed E-state index contributed by atoms with van der Waals surface area (Å²) < 4.78 is 10.3. The summed E-state index contributed by atoms with van der Waals surface area (Å²) in [6, 6.07) is 8.15. The van der Waals surface area contributed by atoms with E-state index in [0.717, 1.165) is 18.3 Å². The minimum Gasteiger partial charge on any atom is -0.507 e. The Labute approximate surface area is 135 Å². The quantitative estimate of drug-likeness (QED) is 0.501. The number of carbonyl (C=O) groups excluding carboxylic acids is 1. The van der Waals surface area contributed by atoms with Crippen LogP contribution in [0.3, 0.4) is 0 Å². The van der Waals surface area contributed by atoms with Crippen LogP contribution in [0.5, 0.6) is 17.2 Å². The van der Waals surface area contributed by atoms with Crippen molar-refractivity contribution in [1.82, 2.24) is 5.43 Å². The minimum atomic E-state index is -0.595. The van der Waals surface area contributed by atoms with Gasteiger partial charge in [0.15, 0.2) is 11.5 Å². The fourth-order valence-corrected chi connectivity index (χ4v) is 2.02. The van der Waals surface area contributed by atoms with Crippen LogP contribution < -0.4 is 14.9 Å². The Morgan fingerprint density at radius 1 is 1.25 bits per heavy atom. The molecule has 2 N–H and O–H groups in total. The minimum absolute atomic E-state index is 0.102. The average Bonchev–Trinajstić information content (AvgIpc) is 3.03. The van der Waals surface area contributed by atoms with E-state index in [0.29, 0.717) is 17.1 Å². The lowest BCUT2D eigenvalue weighted by Crippen LogP contribution is -2.17. The van der Waals surface area contributed by atoms with Gasteiger partial charge in [0, 0.05) is 23.3 Å². The van der Waals surface area contributed by atoms with Crippen molar-refractivity contribution >= 4 is 17.8 Å². The van der Waals surface area contributed by atoms with E-state index in [9.17, 15) is 20.0 Å². The summed E-state index contributed by atoms with van der Waals surface area (Å²) >= 11 is 0. The summed E-state index contributed by atoms with van der Waals surface area (Å²) in [5.74, 6) is 0.315. The second kappa shape index (κ2) is 6.24. The standard InChI is InChI=1S/C15H11N3O6/c19-12-3-2-11(18(21)22)5-10(12)7-16-17-15(20)9-1-4-13-14(6-9)24-8-23-13/h1-7,19H,8H2,(H,17,20)/b16-7+. The Kier molecular flexibility index (Phi) is 3.98. The highest BCUT2D eigenvalue weighted by atomic mass is 16.7. The van der Waals surface area contributed by atoms with E-state index >= 15 is 0 Å². The van der Waals surface area contributed by atoms with Gasteiger partial charge in [0.25, 0.3) is 11.6 Å². The third kappa shape index (κ3) is 3.09. The molecule has 0 saturated heterocycles. The number of phenols is 1. The number of non-ortho nitro benzene ring substituents is 1. The molecule has 3 rings (SSSR count). The van der Waals surface area contributed by atoms with Crippen LogP contribution >= 0.6 is 0 Å². The normalized spacial score (nSPS) is 12.3. The van der Waals surface area contributed by atoms with Gasteiger partial charge in [0.05, 0.1) is 11.1 Å². The number of benzene rings is 2. The Hall–Kier alpha value is -3.62. The lowest BCUT2D eigenvalue weighted by atomic mass is 10.2. The zero-order chi connectivity index (χ0) is 17.1. The number of amides is 1. The summed E-state index contributed by atoms with van der Waals surface area (Å²) in [5, 5.41) is 24.1. The van der Waals surface area contributed by atoms with Crippen LogP contribution in [0.4, 0.5) is 5.69 Å². The summed E-state index contributed by atoms with van der Waals surface area (Å²) in [4.78, 5) is 22.1. The van der Waals surface area contributed by atoms with Crippen molar-refractivity contribution in [2.75, 3.05) is 6.79 Å². The third-order valence-electron chi connectivity index (χ3n) is 3.23. The number of carbonyl (C=O) groups is 1. The predicted molar refractivity (Wildman–Crippen MR) is 82.4 cm³/mol. The Morgan fingerprint density at radius 2 is 2.04 bits per heavy atom. The first kappa shape index (κ1) is 15.3. The molecule has 2 aromatic rings. The van der Waals surface area contributed by atoms with Crippen LogP contribution in [-0.4, -0.2) is 28.9 Å². The molecule has 0 aliphatic carbocycles. The first-order chi connectivity index (χ1) is 11.5. The van der Waals surface area contributed by atoms with Gasteiger partial charge in [-0.1, -0.05) is 0 Å². The molecule has 24 heavy (non-hydrogen) atoms. The van der Waals surface area contributed by atoms with E-state index in [1.54, 1.807) is 12.1 Å². The molecule has 122 valence electrons. The fourth-order valence-electron chi connectivity index (χ4n) is 2.02. The van der Waals surface area contributed by atoms with E-state index in [2.05, 4.69) is 10.5 Å². The summed E-state index contributed by atoms with van der Waals surface area (Å²) in [6.45, 7) is 0.102. The SMILES string of the molecule is O=C(N/N=C/c1cc([N+](=O)[O-])ccc1O)c1ccc2c(c1)OCO2. The van der Waals surface area contributed by atoms with Gasteiger partial charge in [0.2, 0.25) is 6.79 Å². The molecule has 0 spiro atoms. The van der Waals surface area contributed by atoms with E-state index in [1.807, 2.05) is 0 Å². The number of aromatic hydroxyl groups is 1. The van der Waals surface area contributed by atoms with Crippen molar-refractivity contribution in [3.05, 3.63) is 57.6 Å². The number of nitrogens with zero attached hydrogens (tertiary/aromatic N) is 2. The van der Waals surface area contributed by atoms with Gasteiger partial charge in [-0.3, -0.25) is 14.9 Å². The van der Waals surface area contributed by atoms with Gasteiger partial charge in [0.1, 0.15) is 5.75 Å². The maximum atomic E-state index is 12.0. The van der Waals surface area contributed by atoms with Gasteiger partial charge in [-0.25, -0.2) is 5.43 Å². The van der Waals surface area contributed by atoms with Crippen molar-refractivity contribution in [1.29, 1.82) is 0 Å². The molecule has 0 atom stereocenters. The molecule has 0 aromatic heterocycles. The molecule has 0 radical (unpaired) electrons. The molecule has 9 heteroatoms. The smallest absolute Gasteiger partial charge is 0.271 e. The lowest BCUT2D eigenvalue weighted by molar-refractivity contribution is -0.384. The molecule has 1 amide bonds. The van der Waals surface area contributed by atoms with Crippen LogP contribution in [0, 0.1) is 10.1 Å². The fraction of sp³-hybridized carbons (Fsp3) is 0.0667. The number of hydrogen-bond donors (Lipinski definition) is 2. The highest BCUT2D eigenvalue weighted by Crippen LogP contribution is 2.32. The molecule has 0 bridgehead atoms. The molecule has 2 aromatic carbocycles. The highest BCUT2D eigenvalue weighted by Gasteiger charge is 2.16. The second-order valence-corrected chi connectivity index (χ2v) is 4.77. The maximum absolute atomic E-state index is 12.0. The molecular formula is C15H11N3O6. The molecule has 1 aliphatic rings. The molecule has 1 aliphatic heterocycles. The monoisotopic (exact) mass is 329 g/mol. The van der Waals surface area contributed by atoms with Gasteiger partial charge >= 0.3 is 0 Å². The second-order valence-electron chi connectivity index (χ2n) is 4.77. The third-order valence-corrected chi connectivity index (χ3v) is 3.23. The van der Waals surface area contributed by atoms with Crippen molar-refractivity contribution in [2.24, 2.45) is 5.10 Å². The Morgan fingerprint density at radius 3 is 2.83 bits per heavy atom. The number of rotatable bonds is 4. The van der Waals surface area contributed by atoms with Gasteiger partial charge < -0.3 is 14.6 Å². The van der Waals surface area contributed by atoms with Crippen molar-refractivity contribution in [2.45, 2.75) is 0 Å². The number of nitro groups is 1. The van der Waals surface area contributed by atoms with Gasteiger partial charge in [-0.2, -0.15) is 5.10 Å². The van der Waals surface area contributed by atoms with Crippen molar-refractivity contribution < 1.29 is 24.3 Å². The van der Waals surface area contributed by atoms with Crippen molar-refractivity contribution in [3.8, 4) is 17.2 Å². The Balaban J connectivity index is 1.71. The zero-order valence-corrected chi connectivity index (χ0v) is 12.1. The number of nitrogens with one attached hydrogen (secondary N) is 1. The number of hydrazone groups is 1. The topological polar surface area (TPSA) is 123 Å². The number of phenolic OH excluding ortho intramolecular Hbond substituents is 1.